The minimum atomic E-state index is -0.314. The molecule has 0 unspecified atom stereocenters. The van der Waals surface area contributed by atoms with Gasteiger partial charge in [-0.1, -0.05) is 24.3 Å². The van der Waals surface area contributed by atoms with Crippen LogP contribution in [0.2, 0.25) is 0 Å². The van der Waals surface area contributed by atoms with Crippen LogP contribution < -0.4 is 10.2 Å². The number of nitrogens with one attached hydrogen (secondary N) is 1. The van der Waals surface area contributed by atoms with Gasteiger partial charge in [-0.3, -0.25) is 0 Å². The Morgan fingerprint density at radius 3 is 2.52 bits per heavy atom. The zero-order chi connectivity index (χ0) is 17.8. The van der Waals surface area contributed by atoms with Gasteiger partial charge in [0.2, 0.25) is 5.95 Å². The summed E-state index contributed by atoms with van der Waals surface area (Å²) in [6, 6.07) is 16.6. The lowest BCUT2D eigenvalue weighted by Gasteiger charge is -2.22. The van der Waals surface area contributed by atoms with Crippen molar-refractivity contribution in [1.29, 1.82) is 0 Å². The van der Waals surface area contributed by atoms with Gasteiger partial charge in [-0.2, -0.15) is 4.98 Å². The lowest BCUT2D eigenvalue weighted by atomic mass is 10.2. The maximum absolute atomic E-state index is 13.9. The number of anilines is 4. The van der Waals surface area contributed by atoms with Crippen LogP contribution in [0.1, 0.15) is 18.2 Å². The van der Waals surface area contributed by atoms with Gasteiger partial charge in [0.15, 0.2) is 0 Å². The highest BCUT2D eigenvalue weighted by molar-refractivity contribution is 5.62. The number of rotatable bonds is 5. The maximum atomic E-state index is 13.9. The van der Waals surface area contributed by atoms with Gasteiger partial charge in [-0.25, -0.2) is 9.37 Å². The molecule has 3 rings (SSSR count). The summed E-state index contributed by atoms with van der Waals surface area (Å²) in [5.74, 6) is 0.844. The number of para-hydroxylation sites is 1. The number of hydrogen-bond donors (Lipinski definition) is 1. The molecule has 0 fully saturated rings. The number of benzene rings is 2. The monoisotopic (exact) mass is 336 g/mol. The summed E-state index contributed by atoms with van der Waals surface area (Å²) in [6.07, 6.45) is 0. The number of aryl methyl sites for hydroxylation is 2. The first-order chi connectivity index (χ1) is 12.1. The summed E-state index contributed by atoms with van der Waals surface area (Å²) >= 11 is 0. The van der Waals surface area contributed by atoms with E-state index >= 15 is 0 Å². The van der Waals surface area contributed by atoms with E-state index in [-0.39, 0.29) is 5.82 Å². The van der Waals surface area contributed by atoms with E-state index in [0.717, 1.165) is 17.9 Å². The van der Waals surface area contributed by atoms with Crippen LogP contribution in [-0.4, -0.2) is 16.5 Å². The van der Waals surface area contributed by atoms with Crippen molar-refractivity contribution in [3.63, 3.8) is 0 Å². The van der Waals surface area contributed by atoms with E-state index in [1.807, 2.05) is 24.0 Å². The fraction of sp³-hybridized carbons (Fsp3) is 0.200. The highest BCUT2D eigenvalue weighted by Gasteiger charge is 2.13. The van der Waals surface area contributed by atoms with Crippen LogP contribution in [0.5, 0.6) is 0 Å². The van der Waals surface area contributed by atoms with Crippen molar-refractivity contribution in [2.75, 3.05) is 16.8 Å². The van der Waals surface area contributed by atoms with Gasteiger partial charge in [-0.05, 0) is 50.6 Å². The van der Waals surface area contributed by atoms with Gasteiger partial charge in [-0.15, -0.1) is 0 Å². The number of aromatic nitrogens is 2. The Kier molecular flexibility index (Phi) is 4.93. The predicted molar refractivity (Wildman–Crippen MR) is 100 cm³/mol. The molecule has 1 N–H and O–H groups in total. The van der Waals surface area contributed by atoms with E-state index in [2.05, 4.69) is 41.3 Å². The third-order valence-corrected chi connectivity index (χ3v) is 3.85. The quantitative estimate of drug-likeness (QED) is 0.701. The Morgan fingerprint density at radius 2 is 1.80 bits per heavy atom. The zero-order valence-electron chi connectivity index (χ0n) is 14.6. The van der Waals surface area contributed by atoms with E-state index < -0.39 is 0 Å². The van der Waals surface area contributed by atoms with Crippen molar-refractivity contribution >= 4 is 23.1 Å². The highest BCUT2D eigenvalue weighted by atomic mass is 19.1. The smallest absolute Gasteiger partial charge is 0.232 e. The van der Waals surface area contributed by atoms with E-state index in [1.165, 1.54) is 11.6 Å². The van der Waals surface area contributed by atoms with Crippen LogP contribution >= 0.6 is 0 Å². The molecule has 0 aliphatic heterocycles. The molecule has 0 radical (unpaired) electrons. The first kappa shape index (κ1) is 16.9. The summed E-state index contributed by atoms with van der Waals surface area (Å²) in [4.78, 5) is 11.2. The Hall–Kier alpha value is -2.95. The van der Waals surface area contributed by atoms with Crippen LogP contribution in [0.4, 0.5) is 27.5 Å². The predicted octanol–water partition coefficient (Wildman–Crippen LogP) is 5.13. The first-order valence-electron chi connectivity index (χ1n) is 8.28. The average molecular weight is 336 g/mol. The Balaban J connectivity index is 1.96. The molecule has 2 aromatic carbocycles. The highest BCUT2D eigenvalue weighted by Crippen LogP contribution is 2.26. The largest absolute Gasteiger partial charge is 0.338 e. The molecule has 1 aromatic heterocycles. The molecular formula is C20H21FN4. The molecule has 0 aliphatic carbocycles. The van der Waals surface area contributed by atoms with Gasteiger partial charge < -0.3 is 10.2 Å². The minimum absolute atomic E-state index is 0.314. The van der Waals surface area contributed by atoms with E-state index in [4.69, 9.17) is 0 Å². The second kappa shape index (κ2) is 7.30. The molecule has 0 bridgehead atoms. The Bertz CT molecular complexity index is 879. The first-order valence-corrected chi connectivity index (χ1v) is 8.28. The van der Waals surface area contributed by atoms with E-state index in [9.17, 15) is 4.39 Å². The molecule has 0 aliphatic rings. The summed E-state index contributed by atoms with van der Waals surface area (Å²) < 4.78 is 13.9. The van der Waals surface area contributed by atoms with Crippen LogP contribution in [0.15, 0.2) is 54.6 Å². The number of nitrogens with zero attached hydrogens (tertiary/aromatic N) is 3. The maximum Gasteiger partial charge on any atom is 0.232 e. The van der Waals surface area contributed by atoms with Gasteiger partial charge in [0, 0.05) is 24.0 Å². The third-order valence-electron chi connectivity index (χ3n) is 3.85. The van der Waals surface area contributed by atoms with Crippen molar-refractivity contribution in [2.24, 2.45) is 0 Å². The SMILES string of the molecule is CCN(c1cccc(C)c1)c1nc(C)cc(Nc2ccccc2F)n1. The number of halogens is 1. The molecule has 128 valence electrons. The van der Waals surface area contributed by atoms with Gasteiger partial charge in [0.25, 0.3) is 0 Å². The Morgan fingerprint density at radius 1 is 1.00 bits per heavy atom. The summed E-state index contributed by atoms with van der Waals surface area (Å²) in [5.41, 5.74) is 3.42. The van der Waals surface area contributed by atoms with Crippen LogP contribution in [0, 0.1) is 19.7 Å². The van der Waals surface area contributed by atoms with E-state index in [1.54, 1.807) is 24.3 Å². The van der Waals surface area contributed by atoms with Crippen LogP contribution in [0.25, 0.3) is 0 Å². The van der Waals surface area contributed by atoms with Crippen molar-refractivity contribution < 1.29 is 4.39 Å². The normalized spacial score (nSPS) is 10.6. The fourth-order valence-electron chi connectivity index (χ4n) is 2.67. The average Bonchev–Trinajstić information content (AvgIpc) is 2.57. The second-order valence-electron chi connectivity index (χ2n) is 5.88. The molecule has 0 saturated heterocycles. The van der Waals surface area contributed by atoms with Crippen LogP contribution in [-0.2, 0) is 0 Å². The molecule has 1 heterocycles. The summed E-state index contributed by atoms with van der Waals surface area (Å²) in [7, 11) is 0. The van der Waals surface area contributed by atoms with Crippen molar-refractivity contribution in [2.45, 2.75) is 20.8 Å². The van der Waals surface area contributed by atoms with E-state index in [0.29, 0.717) is 17.5 Å². The summed E-state index contributed by atoms with van der Waals surface area (Å²) in [5, 5.41) is 3.04. The fourth-order valence-corrected chi connectivity index (χ4v) is 2.67. The lowest BCUT2D eigenvalue weighted by Crippen LogP contribution is -2.19. The Labute approximate surface area is 147 Å². The molecule has 0 amide bonds. The standard InChI is InChI=1S/C20H21FN4/c1-4-25(16-9-7-8-14(2)12-16)20-22-15(3)13-19(24-20)23-18-11-6-5-10-17(18)21/h5-13H,4H2,1-3H3,(H,22,23,24). The van der Waals surface area contributed by atoms with Gasteiger partial charge >= 0.3 is 0 Å². The topological polar surface area (TPSA) is 41.1 Å². The minimum Gasteiger partial charge on any atom is -0.338 e. The molecule has 25 heavy (non-hydrogen) atoms. The zero-order valence-corrected chi connectivity index (χ0v) is 14.6. The van der Waals surface area contributed by atoms with Crippen LogP contribution in [0.3, 0.4) is 0 Å². The molecule has 0 saturated carbocycles. The molecular weight excluding hydrogens is 315 g/mol. The van der Waals surface area contributed by atoms with Gasteiger partial charge in [0.05, 0.1) is 5.69 Å². The molecule has 4 nitrogen and oxygen atoms in total. The van der Waals surface area contributed by atoms with Gasteiger partial charge in [0.1, 0.15) is 11.6 Å². The lowest BCUT2D eigenvalue weighted by molar-refractivity contribution is 0.632. The number of hydrogen-bond acceptors (Lipinski definition) is 4. The van der Waals surface area contributed by atoms with Crippen molar-refractivity contribution in [1.82, 2.24) is 9.97 Å². The summed E-state index contributed by atoms with van der Waals surface area (Å²) in [6.45, 7) is 6.74. The molecule has 5 heteroatoms. The van der Waals surface area contributed by atoms with Crippen molar-refractivity contribution in [3.8, 4) is 0 Å². The third kappa shape index (κ3) is 3.94. The molecule has 0 spiro atoms. The second-order valence-corrected chi connectivity index (χ2v) is 5.88. The molecule has 0 atom stereocenters. The van der Waals surface area contributed by atoms with Crippen molar-refractivity contribution in [3.05, 3.63) is 71.7 Å². The molecule has 3 aromatic rings.